The van der Waals surface area contributed by atoms with Crippen LogP contribution in [0.15, 0.2) is 0 Å². The molecule has 23 heavy (non-hydrogen) atoms. The number of nitrogens with zero attached hydrogens (tertiary/aromatic N) is 2. The molecular weight excluding hydrogens is 298 g/mol. The number of urea groups is 1. The molecule has 0 radical (unpaired) electrons. The lowest BCUT2D eigenvalue weighted by atomic mass is 9.91. The summed E-state index contributed by atoms with van der Waals surface area (Å²) in [6.07, 6.45) is 4.20. The molecule has 2 N–H and O–H groups in total. The first-order valence-electron chi connectivity index (χ1n) is 8.50. The third kappa shape index (κ3) is 5.11. The van der Waals surface area contributed by atoms with Crippen LogP contribution in [-0.2, 0) is 9.59 Å². The largest absolute Gasteiger partial charge is 0.481 e. The maximum absolute atomic E-state index is 12.2. The topological polar surface area (TPSA) is 90.0 Å². The molecule has 0 aromatic rings. The number of carboxylic acid groups (broad SMARTS) is 1. The monoisotopic (exact) mass is 325 g/mol. The lowest BCUT2D eigenvalue weighted by Crippen LogP contribution is -2.50. The van der Waals surface area contributed by atoms with Crippen LogP contribution in [0.2, 0.25) is 0 Å². The zero-order valence-corrected chi connectivity index (χ0v) is 13.8. The zero-order valence-electron chi connectivity index (χ0n) is 13.8. The molecule has 2 rings (SSSR count). The van der Waals surface area contributed by atoms with Crippen molar-refractivity contribution in [3.8, 4) is 0 Å². The van der Waals surface area contributed by atoms with Crippen LogP contribution >= 0.6 is 0 Å². The molecule has 2 saturated heterocycles. The highest BCUT2D eigenvalue weighted by molar-refractivity contribution is 5.79. The fraction of sp³-hybridized carbons (Fsp3) is 0.812. The number of carbonyl (C=O) groups excluding carboxylic acids is 2. The van der Waals surface area contributed by atoms with Gasteiger partial charge in [-0.3, -0.25) is 9.59 Å². The van der Waals surface area contributed by atoms with Crippen molar-refractivity contribution in [3.05, 3.63) is 0 Å². The van der Waals surface area contributed by atoms with Gasteiger partial charge in [-0.2, -0.15) is 0 Å². The Morgan fingerprint density at radius 2 is 1.78 bits per heavy atom. The average molecular weight is 325 g/mol. The number of likely N-dealkylation sites (tertiary alicyclic amines) is 2. The quantitative estimate of drug-likeness (QED) is 0.811. The van der Waals surface area contributed by atoms with Gasteiger partial charge in [0, 0.05) is 39.1 Å². The van der Waals surface area contributed by atoms with Crippen molar-refractivity contribution in [2.45, 2.75) is 39.0 Å². The maximum Gasteiger partial charge on any atom is 0.317 e. The van der Waals surface area contributed by atoms with Crippen molar-refractivity contribution in [3.63, 3.8) is 0 Å². The van der Waals surface area contributed by atoms with Crippen molar-refractivity contribution in [1.29, 1.82) is 0 Å². The molecule has 2 heterocycles. The van der Waals surface area contributed by atoms with E-state index in [0.29, 0.717) is 25.9 Å². The minimum absolute atomic E-state index is 0.0837. The van der Waals surface area contributed by atoms with Gasteiger partial charge in [-0.05, 0) is 31.6 Å². The van der Waals surface area contributed by atoms with Gasteiger partial charge >= 0.3 is 12.0 Å². The van der Waals surface area contributed by atoms with Crippen LogP contribution in [0.4, 0.5) is 4.79 Å². The second-order valence-corrected chi connectivity index (χ2v) is 6.70. The Kier molecular flexibility index (Phi) is 6.24. The average Bonchev–Trinajstić information content (AvgIpc) is 2.54. The van der Waals surface area contributed by atoms with E-state index in [1.54, 1.807) is 4.90 Å². The highest BCUT2D eigenvalue weighted by Crippen LogP contribution is 2.21. The number of amides is 3. The first-order valence-corrected chi connectivity index (χ1v) is 8.50. The maximum atomic E-state index is 12.2. The number of carbonyl (C=O) groups is 3. The molecule has 0 saturated carbocycles. The normalized spacial score (nSPS) is 25.1. The van der Waals surface area contributed by atoms with E-state index < -0.39 is 11.9 Å². The minimum atomic E-state index is -0.852. The van der Waals surface area contributed by atoms with E-state index in [1.807, 2.05) is 11.8 Å². The van der Waals surface area contributed by atoms with E-state index in [9.17, 15) is 14.4 Å². The van der Waals surface area contributed by atoms with Crippen molar-refractivity contribution < 1.29 is 19.5 Å². The van der Waals surface area contributed by atoms with E-state index in [2.05, 4.69) is 5.32 Å². The summed E-state index contributed by atoms with van der Waals surface area (Å²) >= 11 is 0. The first-order chi connectivity index (χ1) is 11.0. The summed E-state index contributed by atoms with van der Waals surface area (Å²) in [6, 6.07) is -0.269. The second kappa shape index (κ2) is 8.17. The Labute approximate surface area is 137 Å². The van der Waals surface area contributed by atoms with E-state index >= 15 is 0 Å². The van der Waals surface area contributed by atoms with Crippen molar-refractivity contribution >= 4 is 17.9 Å². The Bertz CT molecular complexity index is 449. The summed E-state index contributed by atoms with van der Waals surface area (Å²) in [6.45, 7) is 4.70. The molecule has 0 aromatic heterocycles. The van der Waals surface area contributed by atoms with Crippen LogP contribution in [0.3, 0.4) is 0 Å². The van der Waals surface area contributed by atoms with Crippen molar-refractivity contribution in [2.75, 3.05) is 32.7 Å². The summed E-state index contributed by atoms with van der Waals surface area (Å²) in [5, 5.41) is 11.9. The Morgan fingerprint density at radius 1 is 1.09 bits per heavy atom. The van der Waals surface area contributed by atoms with Crippen LogP contribution < -0.4 is 5.32 Å². The number of aliphatic carboxylic acids is 1. The van der Waals surface area contributed by atoms with Gasteiger partial charge in [-0.15, -0.1) is 0 Å². The van der Waals surface area contributed by atoms with Gasteiger partial charge in [0.05, 0.1) is 5.92 Å². The molecular formula is C16H27N3O4. The summed E-state index contributed by atoms with van der Waals surface area (Å²) in [5.41, 5.74) is 0. The molecule has 0 aromatic carbocycles. The van der Waals surface area contributed by atoms with Crippen LogP contribution in [0, 0.1) is 11.8 Å². The second-order valence-electron chi connectivity index (χ2n) is 6.70. The molecule has 2 aliphatic rings. The molecule has 0 aliphatic carbocycles. The molecule has 2 aliphatic heterocycles. The number of hydrogen-bond donors (Lipinski definition) is 2. The van der Waals surface area contributed by atoms with E-state index in [-0.39, 0.29) is 24.4 Å². The summed E-state index contributed by atoms with van der Waals surface area (Å²) in [7, 11) is 0. The van der Waals surface area contributed by atoms with Crippen LogP contribution in [0.25, 0.3) is 0 Å². The van der Waals surface area contributed by atoms with E-state index in [0.717, 1.165) is 25.9 Å². The number of rotatable bonds is 4. The molecule has 7 nitrogen and oxygen atoms in total. The molecule has 0 bridgehead atoms. The van der Waals surface area contributed by atoms with Crippen LogP contribution in [-0.4, -0.2) is 65.5 Å². The fourth-order valence-electron chi connectivity index (χ4n) is 3.39. The molecule has 2 fully saturated rings. The van der Waals surface area contributed by atoms with Gasteiger partial charge in [-0.1, -0.05) is 6.92 Å². The van der Waals surface area contributed by atoms with Gasteiger partial charge < -0.3 is 20.2 Å². The van der Waals surface area contributed by atoms with Crippen molar-refractivity contribution in [1.82, 2.24) is 15.1 Å². The highest BCUT2D eigenvalue weighted by Gasteiger charge is 2.31. The van der Waals surface area contributed by atoms with Gasteiger partial charge in [-0.25, -0.2) is 4.79 Å². The Morgan fingerprint density at radius 3 is 2.43 bits per heavy atom. The SMILES string of the molecule is CC1CC(C(=O)O)CN(C(=O)NCCC(=O)N2CCCCC2)C1. The standard InChI is InChI=1S/C16H27N3O4/c1-12-9-13(15(21)22)11-19(10-12)16(23)17-6-5-14(20)18-7-3-2-4-8-18/h12-13H,2-11H2,1H3,(H,17,23)(H,21,22). The Hall–Kier alpha value is -1.79. The number of nitrogens with one attached hydrogen (secondary N) is 1. The summed E-state index contributed by atoms with van der Waals surface area (Å²) < 4.78 is 0. The van der Waals surface area contributed by atoms with Crippen LogP contribution in [0.5, 0.6) is 0 Å². The lowest BCUT2D eigenvalue weighted by Gasteiger charge is -2.34. The number of hydrogen-bond acceptors (Lipinski definition) is 3. The third-order valence-electron chi connectivity index (χ3n) is 4.62. The molecule has 0 spiro atoms. The van der Waals surface area contributed by atoms with Gasteiger partial charge in [0.15, 0.2) is 0 Å². The molecule has 7 heteroatoms. The fourth-order valence-corrected chi connectivity index (χ4v) is 3.39. The molecule has 130 valence electrons. The van der Waals surface area contributed by atoms with Gasteiger partial charge in [0.25, 0.3) is 0 Å². The van der Waals surface area contributed by atoms with Gasteiger partial charge in [0.1, 0.15) is 0 Å². The molecule has 2 unspecified atom stereocenters. The lowest BCUT2D eigenvalue weighted by molar-refractivity contribution is -0.143. The number of piperidine rings is 2. The van der Waals surface area contributed by atoms with Crippen molar-refractivity contribution in [2.24, 2.45) is 11.8 Å². The Balaban J connectivity index is 1.73. The number of carboxylic acids is 1. The highest BCUT2D eigenvalue weighted by atomic mass is 16.4. The van der Waals surface area contributed by atoms with E-state index in [1.165, 1.54) is 6.42 Å². The van der Waals surface area contributed by atoms with Gasteiger partial charge in [0.2, 0.25) is 5.91 Å². The minimum Gasteiger partial charge on any atom is -0.481 e. The third-order valence-corrected chi connectivity index (χ3v) is 4.62. The van der Waals surface area contributed by atoms with Crippen LogP contribution in [0.1, 0.15) is 39.0 Å². The summed E-state index contributed by atoms with van der Waals surface area (Å²) in [5.74, 6) is -1.10. The first kappa shape index (κ1) is 17.6. The summed E-state index contributed by atoms with van der Waals surface area (Å²) in [4.78, 5) is 38.8. The predicted octanol–water partition coefficient (Wildman–Crippen LogP) is 1.14. The van der Waals surface area contributed by atoms with E-state index in [4.69, 9.17) is 5.11 Å². The zero-order chi connectivity index (χ0) is 16.8. The predicted molar refractivity (Wildman–Crippen MR) is 84.9 cm³/mol. The smallest absolute Gasteiger partial charge is 0.317 e. The molecule has 2 atom stereocenters. The molecule has 3 amide bonds.